The van der Waals surface area contributed by atoms with Gasteiger partial charge < -0.3 is 14.8 Å². The van der Waals surface area contributed by atoms with E-state index >= 15 is 0 Å². The summed E-state index contributed by atoms with van der Waals surface area (Å²) in [7, 11) is -0.0880. The van der Waals surface area contributed by atoms with Gasteiger partial charge in [-0.3, -0.25) is 0 Å². The van der Waals surface area contributed by atoms with E-state index < -0.39 is 18.0 Å². The molecule has 0 saturated carbocycles. The molecule has 0 aromatic carbocycles. The van der Waals surface area contributed by atoms with Crippen molar-refractivity contribution in [2.24, 2.45) is 0 Å². The zero-order valence-electron chi connectivity index (χ0n) is 6.64. The predicted molar refractivity (Wildman–Crippen MR) is 47.8 cm³/mol. The molecule has 0 spiro atoms. The van der Waals surface area contributed by atoms with Crippen molar-refractivity contribution in [1.82, 2.24) is 0 Å². The molecular formula is C7H10BClO3. The largest absolute Gasteiger partial charge is 0.463 e. The molecule has 1 aliphatic rings. The van der Waals surface area contributed by atoms with Crippen LogP contribution >= 0.6 is 11.6 Å². The van der Waals surface area contributed by atoms with Gasteiger partial charge in [-0.05, 0) is 6.08 Å². The fraction of sp³-hybridized carbons (Fsp3) is 0.429. The standard InChI is InChI=1S/C7H10BClO3/c1-12-7(9)5-3-2-4-6(7)8(10)11/h2-6,10-11H,1H3. The third-order valence-corrected chi connectivity index (χ3v) is 2.37. The van der Waals surface area contributed by atoms with Crippen molar-refractivity contribution in [2.75, 3.05) is 7.11 Å². The molecule has 12 heavy (non-hydrogen) atoms. The van der Waals surface area contributed by atoms with Gasteiger partial charge in [-0.25, -0.2) is 0 Å². The predicted octanol–water partition coefficient (Wildman–Crippen LogP) is 0.537. The van der Waals surface area contributed by atoms with Crippen molar-refractivity contribution in [3.63, 3.8) is 0 Å². The Morgan fingerprint density at radius 3 is 2.58 bits per heavy atom. The molecule has 3 nitrogen and oxygen atoms in total. The van der Waals surface area contributed by atoms with Crippen LogP contribution in [0.2, 0.25) is 5.82 Å². The van der Waals surface area contributed by atoms with Gasteiger partial charge in [0.15, 0.2) is 5.06 Å². The lowest BCUT2D eigenvalue weighted by Gasteiger charge is -2.30. The highest BCUT2D eigenvalue weighted by Crippen LogP contribution is 2.37. The summed E-state index contributed by atoms with van der Waals surface area (Å²) < 4.78 is 4.96. The Morgan fingerprint density at radius 1 is 1.50 bits per heavy atom. The van der Waals surface area contributed by atoms with E-state index in [9.17, 15) is 0 Å². The summed E-state index contributed by atoms with van der Waals surface area (Å²) in [5.74, 6) is -0.630. The molecule has 0 radical (unpaired) electrons. The molecule has 0 aromatic heterocycles. The summed E-state index contributed by atoms with van der Waals surface area (Å²) in [6.07, 6.45) is 6.58. The summed E-state index contributed by atoms with van der Waals surface area (Å²) in [5, 5.41) is 16.8. The fourth-order valence-electron chi connectivity index (χ4n) is 1.12. The minimum Gasteiger partial charge on any atom is -0.427 e. The molecule has 2 unspecified atom stereocenters. The van der Waals surface area contributed by atoms with Crippen LogP contribution in [-0.2, 0) is 4.74 Å². The molecule has 1 rings (SSSR count). The van der Waals surface area contributed by atoms with Gasteiger partial charge in [0.25, 0.3) is 0 Å². The van der Waals surface area contributed by atoms with Crippen LogP contribution in [0.1, 0.15) is 0 Å². The molecule has 66 valence electrons. The van der Waals surface area contributed by atoms with Crippen LogP contribution in [0, 0.1) is 0 Å². The van der Waals surface area contributed by atoms with Crippen molar-refractivity contribution in [1.29, 1.82) is 0 Å². The first-order valence-electron chi connectivity index (χ1n) is 3.56. The lowest BCUT2D eigenvalue weighted by molar-refractivity contribution is 0.0978. The molecule has 2 atom stereocenters. The van der Waals surface area contributed by atoms with Crippen molar-refractivity contribution in [2.45, 2.75) is 10.9 Å². The molecule has 5 heteroatoms. The molecule has 0 aliphatic heterocycles. The molecule has 2 N–H and O–H groups in total. The topological polar surface area (TPSA) is 49.7 Å². The fourth-order valence-corrected chi connectivity index (χ4v) is 1.38. The zero-order chi connectivity index (χ0) is 9.19. The number of hydrogen-bond acceptors (Lipinski definition) is 3. The highest BCUT2D eigenvalue weighted by atomic mass is 35.5. The van der Waals surface area contributed by atoms with Crippen LogP contribution in [0.25, 0.3) is 0 Å². The van der Waals surface area contributed by atoms with Crippen LogP contribution in [0.4, 0.5) is 0 Å². The van der Waals surface area contributed by atoms with Gasteiger partial charge in [0, 0.05) is 7.11 Å². The summed E-state index contributed by atoms with van der Waals surface area (Å²) >= 11 is 5.94. The van der Waals surface area contributed by atoms with Crippen LogP contribution in [0.5, 0.6) is 0 Å². The molecule has 0 amide bonds. The van der Waals surface area contributed by atoms with Gasteiger partial charge in [0.05, 0.1) is 5.82 Å². The number of rotatable bonds is 2. The van der Waals surface area contributed by atoms with Crippen LogP contribution in [-0.4, -0.2) is 29.3 Å². The van der Waals surface area contributed by atoms with E-state index in [2.05, 4.69) is 0 Å². The van der Waals surface area contributed by atoms with Crippen LogP contribution < -0.4 is 0 Å². The van der Waals surface area contributed by atoms with Crippen LogP contribution in [0.15, 0.2) is 24.3 Å². The quantitative estimate of drug-likeness (QED) is 0.491. The second-order valence-electron chi connectivity index (χ2n) is 2.59. The number of halogens is 1. The Bertz CT molecular complexity index is 217. The van der Waals surface area contributed by atoms with Gasteiger partial charge >= 0.3 is 7.12 Å². The molecule has 0 saturated heterocycles. The maximum atomic E-state index is 8.95. The van der Waals surface area contributed by atoms with Gasteiger partial charge in [-0.15, -0.1) is 0 Å². The summed E-state index contributed by atoms with van der Waals surface area (Å²) in [6.45, 7) is 0. The molecule has 0 aromatic rings. The Labute approximate surface area is 76.4 Å². The average molecular weight is 188 g/mol. The Hall–Kier alpha value is -0.285. The number of hydrogen-bond donors (Lipinski definition) is 2. The Balaban J connectivity index is 2.84. The zero-order valence-corrected chi connectivity index (χ0v) is 7.40. The maximum Gasteiger partial charge on any atom is 0.463 e. The van der Waals surface area contributed by atoms with Crippen molar-refractivity contribution in [3.05, 3.63) is 24.3 Å². The minimum atomic E-state index is -1.51. The van der Waals surface area contributed by atoms with E-state index in [1.165, 1.54) is 7.11 Å². The average Bonchev–Trinajstić information content (AvgIpc) is 2.05. The lowest BCUT2D eigenvalue weighted by atomic mass is 9.67. The SMILES string of the molecule is COC1(Cl)C=CC=CC1B(O)O. The maximum absolute atomic E-state index is 8.95. The molecule has 0 fully saturated rings. The number of methoxy groups -OCH3 is 1. The molecule has 0 heterocycles. The first-order chi connectivity index (χ1) is 5.60. The molecule has 1 aliphatic carbocycles. The van der Waals surface area contributed by atoms with Gasteiger partial charge in [-0.1, -0.05) is 29.8 Å². The van der Waals surface area contributed by atoms with E-state index in [-0.39, 0.29) is 0 Å². The second-order valence-corrected chi connectivity index (χ2v) is 3.18. The highest BCUT2D eigenvalue weighted by Gasteiger charge is 2.41. The Morgan fingerprint density at radius 2 is 2.17 bits per heavy atom. The first kappa shape index (κ1) is 9.80. The van der Waals surface area contributed by atoms with Crippen molar-refractivity contribution in [3.8, 4) is 0 Å². The summed E-state index contributed by atoms with van der Waals surface area (Å²) in [4.78, 5) is 0. The van der Waals surface area contributed by atoms with Gasteiger partial charge in [-0.2, -0.15) is 0 Å². The molecular weight excluding hydrogens is 178 g/mol. The Kier molecular flexibility index (Phi) is 2.96. The van der Waals surface area contributed by atoms with E-state index in [0.29, 0.717) is 0 Å². The number of alkyl halides is 1. The van der Waals surface area contributed by atoms with E-state index in [4.69, 9.17) is 26.4 Å². The van der Waals surface area contributed by atoms with E-state index in [1.54, 1.807) is 24.3 Å². The van der Waals surface area contributed by atoms with E-state index in [0.717, 1.165) is 0 Å². The first-order valence-corrected chi connectivity index (χ1v) is 3.94. The smallest absolute Gasteiger partial charge is 0.427 e. The van der Waals surface area contributed by atoms with E-state index in [1.807, 2.05) is 0 Å². The minimum absolute atomic E-state index is 0.630. The lowest BCUT2D eigenvalue weighted by Crippen LogP contribution is -2.38. The third-order valence-electron chi connectivity index (χ3n) is 1.84. The molecule has 0 bridgehead atoms. The van der Waals surface area contributed by atoms with Crippen LogP contribution in [0.3, 0.4) is 0 Å². The normalized spacial score (nSPS) is 33.8. The van der Waals surface area contributed by atoms with Gasteiger partial charge in [0.1, 0.15) is 0 Å². The summed E-state index contributed by atoms with van der Waals surface area (Å²) in [5.41, 5.74) is 0. The number of ether oxygens (including phenoxy) is 1. The third kappa shape index (κ3) is 1.72. The number of allylic oxidation sites excluding steroid dienone is 2. The summed E-state index contributed by atoms with van der Waals surface area (Å²) in [6, 6.07) is 0. The highest BCUT2D eigenvalue weighted by molar-refractivity contribution is 6.47. The monoisotopic (exact) mass is 188 g/mol. The van der Waals surface area contributed by atoms with Crippen molar-refractivity contribution < 1.29 is 14.8 Å². The van der Waals surface area contributed by atoms with Crippen molar-refractivity contribution >= 4 is 18.7 Å². The second kappa shape index (κ2) is 3.62. The van der Waals surface area contributed by atoms with Gasteiger partial charge in [0.2, 0.25) is 0 Å².